The summed E-state index contributed by atoms with van der Waals surface area (Å²) in [6.07, 6.45) is 2.12. The molecule has 1 aromatic heterocycles. The molecule has 1 aromatic carbocycles. The van der Waals surface area contributed by atoms with Crippen molar-refractivity contribution in [1.29, 1.82) is 0 Å². The summed E-state index contributed by atoms with van der Waals surface area (Å²) in [7, 11) is 0. The van der Waals surface area contributed by atoms with Crippen LogP contribution in [0.5, 0.6) is 0 Å². The van der Waals surface area contributed by atoms with E-state index in [-0.39, 0.29) is 5.69 Å². The van der Waals surface area contributed by atoms with E-state index in [1.807, 2.05) is 38.1 Å². The minimum absolute atomic E-state index is 0.00672. The lowest BCUT2D eigenvalue weighted by Gasteiger charge is -2.23. The van der Waals surface area contributed by atoms with E-state index >= 15 is 0 Å². The Labute approximate surface area is 135 Å². The fourth-order valence-electron chi connectivity index (χ4n) is 2.33. The van der Waals surface area contributed by atoms with E-state index in [0.29, 0.717) is 19.6 Å². The minimum atomic E-state index is -0.553. The second kappa shape index (κ2) is 7.85. The van der Waals surface area contributed by atoms with Crippen LogP contribution >= 0.6 is 0 Å². The molecule has 0 saturated heterocycles. The number of aromatic nitrogens is 2. The van der Waals surface area contributed by atoms with E-state index in [2.05, 4.69) is 10.00 Å². The molecule has 0 saturated carbocycles. The van der Waals surface area contributed by atoms with Crippen LogP contribution in [-0.2, 0) is 6.54 Å². The second-order valence-electron chi connectivity index (χ2n) is 5.54. The summed E-state index contributed by atoms with van der Waals surface area (Å²) < 4.78 is 1.55. The number of nitro groups is 1. The highest BCUT2D eigenvalue weighted by molar-refractivity contribution is 5.23. The van der Waals surface area contributed by atoms with Gasteiger partial charge in [0, 0.05) is 13.1 Å². The fourth-order valence-corrected chi connectivity index (χ4v) is 2.33. The van der Waals surface area contributed by atoms with E-state index in [1.54, 1.807) is 4.68 Å². The first kappa shape index (κ1) is 17.1. The highest BCUT2D eigenvalue weighted by Gasteiger charge is 2.14. The van der Waals surface area contributed by atoms with Gasteiger partial charge < -0.3 is 5.11 Å². The highest BCUT2D eigenvalue weighted by atomic mass is 16.6. The first-order valence-corrected chi connectivity index (χ1v) is 7.63. The number of aliphatic hydroxyl groups excluding tert-OH is 1. The van der Waals surface area contributed by atoms with Crippen LogP contribution in [0.25, 0.3) is 0 Å². The Morgan fingerprint density at radius 1 is 1.39 bits per heavy atom. The topological polar surface area (TPSA) is 84.4 Å². The summed E-state index contributed by atoms with van der Waals surface area (Å²) in [5.41, 5.74) is 2.05. The average molecular weight is 318 g/mol. The smallest absolute Gasteiger partial charge is 0.306 e. The van der Waals surface area contributed by atoms with Crippen molar-refractivity contribution in [3.05, 3.63) is 57.9 Å². The average Bonchev–Trinajstić information content (AvgIpc) is 3.01. The summed E-state index contributed by atoms with van der Waals surface area (Å²) in [5, 5.41) is 25.0. The van der Waals surface area contributed by atoms with Gasteiger partial charge in [-0.05, 0) is 19.0 Å². The molecule has 0 aliphatic heterocycles. The van der Waals surface area contributed by atoms with Crippen LogP contribution in [0, 0.1) is 17.0 Å². The van der Waals surface area contributed by atoms with E-state index in [1.165, 1.54) is 12.4 Å². The van der Waals surface area contributed by atoms with Crippen LogP contribution in [0.4, 0.5) is 5.69 Å². The summed E-state index contributed by atoms with van der Waals surface area (Å²) in [6.45, 7) is 6.54. The van der Waals surface area contributed by atoms with Crippen molar-refractivity contribution >= 4 is 5.69 Å². The Morgan fingerprint density at radius 2 is 2.09 bits per heavy atom. The van der Waals surface area contributed by atoms with Crippen molar-refractivity contribution in [3.63, 3.8) is 0 Å². The number of hydrogen-bond donors (Lipinski definition) is 1. The molecule has 2 aromatic rings. The van der Waals surface area contributed by atoms with Gasteiger partial charge in [-0.2, -0.15) is 5.10 Å². The molecule has 0 spiro atoms. The molecule has 2 rings (SSSR count). The minimum Gasteiger partial charge on any atom is -0.387 e. The normalized spacial score (nSPS) is 12.5. The predicted octanol–water partition coefficient (Wildman–Crippen LogP) is 2.16. The second-order valence-corrected chi connectivity index (χ2v) is 5.54. The van der Waals surface area contributed by atoms with Gasteiger partial charge in [0.05, 0.1) is 17.6 Å². The van der Waals surface area contributed by atoms with Gasteiger partial charge >= 0.3 is 5.69 Å². The van der Waals surface area contributed by atoms with Crippen LogP contribution in [0.2, 0.25) is 0 Å². The molecule has 0 aliphatic carbocycles. The van der Waals surface area contributed by atoms with Crippen LogP contribution < -0.4 is 0 Å². The molecule has 0 amide bonds. The maximum atomic E-state index is 10.6. The van der Waals surface area contributed by atoms with Gasteiger partial charge in [-0.1, -0.05) is 36.8 Å². The van der Waals surface area contributed by atoms with E-state index in [4.69, 9.17) is 0 Å². The van der Waals surface area contributed by atoms with Crippen molar-refractivity contribution in [3.8, 4) is 0 Å². The zero-order valence-electron chi connectivity index (χ0n) is 13.4. The number of nitrogens with zero attached hydrogens (tertiary/aromatic N) is 4. The number of likely N-dealkylation sites (N-methyl/N-ethyl adjacent to an activating group) is 1. The Balaban J connectivity index is 1.89. The number of aryl methyl sites for hydroxylation is 1. The molecule has 23 heavy (non-hydrogen) atoms. The summed E-state index contributed by atoms with van der Waals surface area (Å²) >= 11 is 0. The summed E-state index contributed by atoms with van der Waals surface area (Å²) in [4.78, 5) is 12.3. The quantitative estimate of drug-likeness (QED) is 0.595. The van der Waals surface area contributed by atoms with E-state index in [0.717, 1.165) is 17.7 Å². The molecule has 1 heterocycles. The Bertz CT molecular complexity index is 639. The zero-order chi connectivity index (χ0) is 16.8. The first-order valence-electron chi connectivity index (χ1n) is 7.63. The molecular formula is C16H22N4O3. The lowest BCUT2D eigenvalue weighted by molar-refractivity contribution is -0.385. The third-order valence-corrected chi connectivity index (χ3v) is 3.82. The number of rotatable bonds is 8. The first-order chi connectivity index (χ1) is 11.0. The van der Waals surface area contributed by atoms with Crippen molar-refractivity contribution in [2.24, 2.45) is 0 Å². The predicted molar refractivity (Wildman–Crippen MR) is 87.1 cm³/mol. The lowest BCUT2D eigenvalue weighted by atomic mass is 10.1. The van der Waals surface area contributed by atoms with E-state index in [9.17, 15) is 15.2 Å². The van der Waals surface area contributed by atoms with E-state index < -0.39 is 11.0 Å². The Hall–Kier alpha value is -2.25. The van der Waals surface area contributed by atoms with Gasteiger partial charge in [-0.3, -0.25) is 19.7 Å². The van der Waals surface area contributed by atoms with Crippen molar-refractivity contribution in [2.45, 2.75) is 26.5 Å². The van der Waals surface area contributed by atoms with Crippen LogP contribution in [0.15, 0.2) is 36.7 Å². The molecular weight excluding hydrogens is 296 g/mol. The summed E-state index contributed by atoms with van der Waals surface area (Å²) in [6, 6.07) is 7.84. The fraction of sp³-hybridized carbons (Fsp3) is 0.438. The molecule has 0 fully saturated rings. The van der Waals surface area contributed by atoms with Gasteiger partial charge in [0.1, 0.15) is 12.4 Å². The van der Waals surface area contributed by atoms with Gasteiger partial charge in [0.2, 0.25) is 0 Å². The molecule has 124 valence electrons. The molecule has 0 radical (unpaired) electrons. The molecule has 0 aliphatic rings. The third kappa shape index (κ3) is 4.87. The SMILES string of the molecule is CCN(CCn1cc([N+](=O)[O-])cn1)CC(O)c1ccc(C)cc1. The molecule has 1 atom stereocenters. The number of hydrogen-bond acceptors (Lipinski definition) is 5. The molecule has 1 unspecified atom stereocenters. The van der Waals surface area contributed by atoms with Crippen LogP contribution in [0.1, 0.15) is 24.2 Å². The molecule has 0 bridgehead atoms. The third-order valence-electron chi connectivity index (χ3n) is 3.82. The largest absolute Gasteiger partial charge is 0.387 e. The van der Waals surface area contributed by atoms with Crippen molar-refractivity contribution in [2.75, 3.05) is 19.6 Å². The van der Waals surface area contributed by atoms with Crippen molar-refractivity contribution in [1.82, 2.24) is 14.7 Å². The van der Waals surface area contributed by atoms with Crippen molar-refractivity contribution < 1.29 is 10.0 Å². The molecule has 7 nitrogen and oxygen atoms in total. The Kier molecular flexibility index (Phi) is 5.84. The van der Waals surface area contributed by atoms with Gasteiger partial charge in [-0.25, -0.2) is 0 Å². The molecule has 7 heteroatoms. The van der Waals surface area contributed by atoms with Gasteiger partial charge in [-0.15, -0.1) is 0 Å². The monoisotopic (exact) mass is 318 g/mol. The standard InChI is InChI=1S/C16H22N4O3/c1-3-18(8-9-19-11-15(10-17-19)20(22)23)12-16(21)14-6-4-13(2)5-7-14/h4-7,10-11,16,21H,3,8-9,12H2,1-2H3. The van der Waals surface area contributed by atoms with Crippen LogP contribution in [-0.4, -0.2) is 44.3 Å². The lowest BCUT2D eigenvalue weighted by Crippen LogP contribution is -2.31. The number of aliphatic hydroxyl groups is 1. The van der Waals surface area contributed by atoms with Gasteiger partial charge in [0.25, 0.3) is 0 Å². The zero-order valence-corrected chi connectivity index (χ0v) is 13.4. The number of benzene rings is 1. The van der Waals surface area contributed by atoms with Crippen LogP contribution in [0.3, 0.4) is 0 Å². The molecule has 1 N–H and O–H groups in total. The van der Waals surface area contributed by atoms with Gasteiger partial charge in [0.15, 0.2) is 0 Å². The summed E-state index contributed by atoms with van der Waals surface area (Å²) in [5.74, 6) is 0. The Morgan fingerprint density at radius 3 is 2.65 bits per heavy atom. The highest BCUT2D eigenvalue weighted by Crippen LogP contribution is 2.15. The maximum Gasteiger partial charge on any atom is 0.306 e. The maximum absolute atomic E-state index is 10.6.